The second kappa shape index (κ2) is 6.57. The first kappa shape index (κ1) is 13.9. The molecule has 0 saturated carbocycles. The molecule has 1 N–H and O–H groups in total. The molecule has 96 valence electrons. The normalized spacial score (nSPS) is 22.8. The largest absolute Gasteiger partial charge is 0.316 e. The number of hydrogen-bond donors (Lipinski definition) is 1. The lowest BCUT2D eigenvalue weighted by Gasteiger charge is -2.13. The molecule has 0 bridgehead atoms. The van der Waals surface area contributed by atoms with Crippen molar-refractivity contribution < 1.29 is 8.42 Å². The highest BCUT2D eigenvalue weighted by molar-refractivity contribution is 7.90. The molecule has 0 amide bonds. The van der Waals surface area contributed by atoms with Crippen LogP contribution in [0.25, 0.3) is 0 Å². The molecular weight excluding hydrogens is 224 g/mol. The van der Waals surface area contributed by atoms with E-state index in [9.17, 15) is 8.42 Å². The zero-order chi connectivity index (χ0) is 12.0. The third-order valence-electron chi connectivity index (χ3n) is 3.12. The van der Waals surface area contributed by atoms with Crippen LogP contribution in [0.3, 0.4) is 0 Å². The molecule has 0 radical (unpaired) electrons. The van der Waals surface area contributed by atoms with Crippen LogP contribution in [0.4, 0.5) is 0 Å². The summed E-state index contributed by atoms with van der Waals surface area (Å²) in [5, 5.41) is 3.35. The van der Waals surface area contributed by atoms with Gasteiger partial charge in [-0.25, -0.2) is 8.42 Å². The van der Waals surface area contributed by atoms with Crippen LogP contribution >= 0.6 is 0 Å². The van der Waals surface area contributed by atoms with Crippen molar-refractivity contribution in [3.05, 3.63) is 0 Å². The van der Waals surface area contributed by atoms with E-state index in [0.29, 0.717) is 5.75 Å². The Hall–Kier alpha value is -0.130. The lowest BCUT2D eigenvalue weighted by Crippen LogP contribution is -2.27. The standard InChI is InChI=1S/C11H24N2O2S/c1-3-13-7-5-11(10-13)9-12-6-4-8-16(2,14)15/h11-12H,3-10H2,1-2H3. The van der Waals surface area contributed by atoms with Crippen LogP contribution in [0.5, 0.6) is 0 Å². The Kier molecular flexibility index (Phi) is 5.72. The number of rotatable bonds is 7. The smallest absolute Gasteiger partial charge is 0.147 e. The van der Waals surface area contributed by atoms with Crippen molar-refractivity contribution in [2.75, 3.05) is 44.7 Å². The maximum Gasteiger partial charge on any atom is 0.147 e. The van der Waals surface area contributed by atoms with Gasteiger partial charge in [0.15, 0.2) is 0 Å². The molecule has 0 aromatic rings. The first-order valence-electron chi connectivity index (χ1n) is 6.12. The SMILES string of the molecule is CCN1CCC(CNCCCS(C)(=O)=O)C1. The summed E-state index contributed by atoms with van der Waals surface area (Å²) in [6.45, 7) is 7.59. The Morgan fingerprint density at radius 1 is 1.44 bits per heavy atom. The maximum absolute atomic E-state index is 10.9. The minimum atomic E-state index is -2.78. The van der Waals surface area contributed by atoms with Crippen molar-refractivity contribution in [1.82, 2.24) is 10.2 Å². The number of sulfone groups is 1. The molecular formula is C11H24N2O2S. The third kappa shape index (κ3) is 5.82. The van der Waals surface area contributed by atoms with Gasteiger partial charge < -0.3 is 10.2 Å². The molecule has 0 aliphatic carbocycles. The van der Waals surface area contributed by atoms with Crippen molar-refractivity contribution in [1.29, 1.82) is 0 Å². The molecule has 1 saturated heterocycles. The van der Waals surface area contributed by atoms with Gasteiger partial charge in [-0.15, -0.1) is 0 Å². The molecule has 0 aromatic carbocycles. The lowest BCUT2D eigenvalue weighted by atomic mass is 10.1. The van der Waals surface area contributed by atoms with E-state index in [-0.39, 0.29) is 0 Å². The Balaban J connectivity index is 2.00. The highest BCUT2D eigenvalue weighted by atomic mass is 32.2. The first-order chi connectivity index (χ1) is 7.51. The van der Waals surface area contributed by atoms with E-state index >= 15 is 0 Å². The molecule has 1 heterocycles. The number of hydrogen-bond acceptors (Lipinski definition) is 4. The fraction of sp³-hybridized carbons (Fsp3) is 1.00. The van der Waals surface area contributed by atoms with Gasteiger partial charge in [-0.05, 0) is 44.9 Å². The number of nitrogens with one attached hydrogen (secondary N) is 1. The zero-order valence-corrected chi connectivity index (χ0v) is 11.2. The number of nitrogens with zero attached hydrogens (tertiary/aromatic N) is 1. The summed E-state index contributed by atoms with van der Waals surface area (Å²) in [4.78, 5) is 2.46. The van der Waals surface area contributed by atoms with E-state index in [1.54, 1.807) is 0 Å². The van der Waals surface area contributed by atoms with Crippen LogP contribution < -0.4 is 5.32 Å². The minimum Gasteiger partial charge on any atom is -0.316 e. The second-order valence-electron chi connectivity index (χ2n) is 4.74. The molecule has 1 fully saturated rings. The average molecular weight is 248 g/mol. The van der Waals surface area contributed by atoms with E-state index < -0.39 is 9.84 Å². The quantitative estimate of drug-likeness (QED) is 0.661. The van der Waals surface area contributed by atoms with Crippen LogP contribution in [-0.2, 0) is 9.84 Å². The molecule has 4 nitrogen and oxygen atoms in total. The van der Waals surface area contributed by atoms with Crippen LogP contribution in [0, 0.1) is 5.92 Å². The molecule has 1 rings (SSSR count). The monoisotopic (exact) mass is 248 g/mol. The zero-order valence-electron chi connectivity index (χ0n) is 10.4. The number of likely N-dealkylation sites (tertiary alicyclic amines) is 1. The van der Waals surface area contributed by atoms with Crippen molar-refractivity contribution in [2.24, 2.45) is 5.92 Å². The highest BCUT2D eigenvalue weighted by Crippen LogP contribution is 2.14. The molecule has 1 aliphatic rings. The van der Waals surface area contributed by atoms with Crippen LogP contribution in [0.1, 0.15) is 19.8 Å². The molecule has 0 aromatic heterocycles. The average Bonchev–Trinajstić information content (AvgIpc) is 2.63. The van der Waals surface area contributed by atoms with Crippen molar-refractivity contribution in [2.45, 2.75) is 19.8 Å². The molecule has 1 aliphatic heterocycles. The Morgan fingerprint density at radius 3 is 2.75 bits per heavy atom. The van der Waals surface area contributed by atoms with Gasteiger partial charge in [-0.1, -0.05) is 6.92 Å². The topological polar surface area (TPSA) is 49.4 Å². The lowest BCUT2D eigenvalue weighted by molar-refractivity contribution is 0.339. The predicted molar refractivity (Wildman–Crippen MR) is 67.4 cm³/mol. The molecule has 1 unspecified atom stereocenters. The van der Waals surface area contributed by atoms with Gasteiger partial charge in [0.2, 0.25) is 0 Å². The molecule has 5 heteroatoms. The molecule has 1 atom stereocenters. The summed E-state index contributed by atoms with van der Waals surface area (Å²) >= 11 is 0. The van der Waals surface area contributed by atoms with Gasteiger partial charge in [0.05, 0.1) is 5.75 Å². The van der Waals surface area contributed by atoms with Gasteiger partial charge in [0.25, 0.3) is 0 Å². The van der Waals surface area contributed by atoms with Crippen molar-refractivity contribution >= 4 is 9.84 Å². The summed E-state index contributed by atoms with van der Waals surface area (Å²) in [6.07, 6.45) is 3.29. The van der Waals surface area contributed by atoms with Gasteiger partial charge in [0.1, 0.15) is 9.84 Å². The first-order valence-corrected chi connectivity index (χ1v) is 8.18. The van der Waals surface area contributed by atoms with Gasteiger partial charge in [-0.3, -0.25) is 0 Å². The van der Waals surface area contributed by atoms with E-state index in [2.05, 4.69) is 17.1 Å². The van der Waals surface area contributed by atoms with Crippen LogP contribution in [-0.4, -0.2) is 58.1 Å². The van der Waals surface area contributed by atoms with Gasteiger partial charge >= 0.3 is 0 Å². The molecule has 0 spiro atoms. The fourth-order valence-corrected chi connectivity index (χ4v) is 2.80. The highest BCUT2D eigenvalue weighted by Gasteiger charge is 2.20. The third-order valence-corrected chi connectivity index (χ3v) is 4.15. The summed E-state index contributed by atoms with van der Waals surface area (Å²) in [5.41, 5.74) is 0. The van der Waals surface area contributed by atoms with E-state index in [4.69, 9.17) is 0 Å². The minimum absolute atomic E-state index is 0.297. The second-order valence-corrected chi connectivity index (χ2v) is 7.00. The van der Waals surface area contributed by atoms with E-state index in [0.717, 1.165) is 32.0 Å². The summed E-state index contributed by atoms with van der Waals surface area (Å²) in [7, 11) is -2.78. The van der Waals surface area contributed by atoms with Crippen molar-refractivity contribution in [3.8, 4) is 0 Å². The summed E-state index contributed by atoms with van der Waals surface area (Å²) in [5.74, 6) is 1.05. The van der Waals surface area contributed by atoms with Crippen LogP contribution in [0.15, 0.2) is 0 Å². The summed E-state index contributed by atoms with van der Waals surface area (Å²) < 4.78 is 21.8. The summed E-state index contributed by atoms with van der Waals surface area (Å²) in [6, 6.07) is 0. The van der Waals surface area contributed by atoms with E-state index in [1.807, 2.05) is 0 Å². The Labute approximate surface area is 99.3 Å². The van der Waals surface area contributed by atoms with Gasteiger partial charge in [0, 0.05) is 12.8 Å². The van der Waals surface area contributed by atoms with Gasteiger partial charge in [-0.2, -0.15) is 0 Å². The van der Waals surface area contributed by atoms with E-state index in [1.165, 1.54) is 25.8 Å². The van der Waals surface area contributed by atoms with Crippen molar-refractivity contribution in [3.63, 3.8) is 0 Å². The Morgan fingerprint density at radius 2 is 2.19 bits per heavy atom. The maximum atomic E-state index is 10.9. The predicted octanol–water partition coefficient (Wildman–Crippen LogP) is 0.353. The Bertz CT molecular complexity index is 290. The fourth-order valence-electron chi connectivity index (χ4n) is 2.13. The molecule has 16 heavy (non-hydrogen) atoms. The van der Waals surface area contributed by atoms with Crippen LogP contribution in [0.2, 0.25) is 0 Å².